The maximum atomic E-state index is 11.7. The van der Waals surface area contributed by atoms with E-state index in [9.17, 15) is 9.59 Å². The van der Waals surface area contributed by atoms with E-state index in [1.165, 1.54) is 0 Å². The van der Waals surface area contributed by atoms with Gasteiger partial charge in [0.2, 0.25) is 11.8 Å². The van der Waals surface area contributed by atoms with Gasteiger partial charge in [-0.2, -0.15) is 0 Å². The SMILES string of the molecule is CC(CO)CCCNC(=O)C1CC(=O)N(C)C1. The van der Waals surface area contributed by atoms with Gasteiger partial charge in [-0.15, -0.1) is 0 Å². The summed E-state index contributed by atoms with van der Waals surface area (Å²) < 4.78 is 0. The smallest absolute Gasteiger partial charge is 0.225 e. The molecule has 0 bridgehead atoms. The predicted octanol–water partition coefficient (Wildman–Crippen LogP) is -0.0105. The van der Waals surface area contributed by atoms with Crippen LogP contribution in [0.1, 0.15) is 26.2 Å². The minimum Gasteiger partial charge on any atom is -0.396 e. The third-order valence-corrected chi connectivity index (χ3v) is 3.20. The Balaban J connectivity index is 2.16. The first-order chi connectivity index (χ1) is 8.04. The zero-order chi connectivity index (χ0) is 12.8. The number of aliphatic hydroxyl groups excluding tert-OH is 1. The molecule has 0 aliphatic carbocycles. The average molecular weight is 242 g/mol. The number of nitrogens with zero attached hydrogens (tertiary/aromatic N) is 1. The largest absolute Gasteiger partial charge is 0.396 e. The van der Waals surface area contributed by atoms with Crippen molar-refractivity contribution in [1.82, 2.24) is 10.2 Å². The van der Waals surface area contributed by atoms with Gasteiger partial charge in [-0.1, -0.05) is 6.92 Å². The lowest BCUT2D eigenvalue weighted by Gasteiger charge is -2.12. The second-order valence-corrected chi connectivity index (χ2v) is 4.90. The second-order valence-electron chi connectivity index (χ2n) is 4.90. The third-order valence-electron chi connectivity index (χ3n) is 3.20. The molecule has 2 amide bonds. The van der Waals surface area contributed by atoms with Crippen LogP contribution in [0.3, 0.4) is 0 Å². The van der Waals surface area contributed by atoms with Gasteiger partial charge in [0.05, 0.1) is 5.92 Å². The zero-order valence-electron chi connectivity index (χ0n) is 10.6. The fourth-order valence-corrected chi connectivity index (χ4v) is 1.94. The molecule has 5 heteroatoms. The Morgan fingerprint density at radius 3 is 2.88 bits per heavy atom. The van der Waals surface area contributed by atoms with Crippen LogP contribution in [0, 0.1) is 11.8 Å². The number of aliphatic hydroxyl groups is 1. The minimum absolute atomic E-state index is 0.0284. The van der Waals surface area contributed by atoms with Crippen molar-refractivity contribution in [1.29, 1.82) is 0 Å². The topological polar surface area (TPSA) is 69.6 Å². The summed E-state index contributed by atoms with van der Waals surface area (Å²) in [6, 6.07) is 0. The van der Waals surface area contributed by atoms with Gasteiger partial charge in [0, 0.05) is 33.2 Å². The molecule has 0 saturated carbocycles. The van der Waals surface area contributed by atoms with E-state index in [2.05, 4.69) is 5.32 Å². The van der Waals surface area contributed by atoms with Crippen LogP contribution in [-0.4, -0.2) is 48.6 Å². The van der Waals surface area contributed by atoms with E-state index in [1.54, 1.807) is 11.9 Å². The van der Waals surface area contributed by atoms with Gasteiger partial charge in [-0.05, 0) is 18.8 Å². The fourth-order valence-electron chi connectivity index (χ4n) is 1.94. The molecule has 0 spiro atoms. The summed E-state index contributed by atoms with van der Waals surface area (Å²) in [5.41, 5.74) is 0. The summed E-state index contributed by atoms with van der Waals surface area (Å²) in [6.45, 7) is 3.32. The lowest BCUT2D eigenvalue weighted by atomic mass is 10.1. The van der Waals surface area contributed by atoms with Gasteiger partial charge < -0.3 is 15.3 Å². The normalized spacial score (nSPS) is 21.7. The molecule has 98 valence electrons. The maximum absolute atomic E-state index is 11.7. The summed E-state index contributed by atoms with van der Waals surface area (Å²) in [4.78, 5) is 24.6. The van der Waals surface area contributed by atoms with Crippen LogP contribution in [0.2, 0.25) is 0 Å². The molecule has 1 rings (SSSR count). The molecule has 0 radical (unpaired) electrons. The minimum atomic E-state index is -0.192. The van der Waals surface area contributed by atoms with Crippen molar-refractivity contribution >= 4 is 11.8 Å². The number of amides is 2. The summed E-state index contributed by atoms with van der Waals surface area (Å²) in [7, 11) is 1.72. The van der Waals surface area contributed by atoms with Crippen molar-refractivity contribution in [2.24, 2.45) is 11.8 Å². The number of likely N-dealkylation sites (tertiary alicyclic amines) is 1. The Morgan fingerprint density at radius 2 is 2.35 bits per heavy atom. The van der Waals surface area contributed by atoms with E-state index in [4.69, 9.17) is 5.11 Å². The summed E-state index contributed by atoms with van der Waals surface area (Å²) >= 11 is 0. The van der Waals surface area contributed by atoms with Crippen LogP contribution in [0.15, 0.2) is 0 Å². The Morgan fingerprint density at radius 1 is 1.65 bits per heavy atom. The first-order valence-electron chi connectivity index (χ1n) is 6.17. The number of hydrogen-bond donors (Lipinski definition) is 2. The van der Waals surface area contributed by atoms with E-state index < -0.39 is 0 Å². The van der Waals surface area contributed by atoms with E-state index in [0.29, 0.717) is 19.5 Å². The molecule has 2 N–H and O–H groups in total. The van der Waals surface area contributed by atoms with Gasteiger partial charge in [0.1, 0.15) is 0 Å². The summed E-state index contributed by atoms with van der Waals surface area (Å²) in [5.74, 6) is 0.104. The molecule has 2 unspecified atom stereocenters. The highest BCUT2D eigenvalue weighted by atomic mass is 16.3. The standard InChI is InChI=1S/C12H22N2O3/c1-9(8-15)4-3-5-13-12(17)10-6-11(16)14(2)7-10/h9-10,15H,3-8H2,1-2H3,(H,13,17). The van der Waals surface area contributed by atoms with Gasteiger partial charge >= 0.3 is 0 Å². The molecule has 0 aromatic carbocycles. The Labute approximate surface area is 102 Å². The molecular weight excluding hydrogens is 220 g/mol. The second kappa shape index (κ2) is 6.59. The molecule has 17 heavy (non-hydrogen) atoms. The highest BCUT2D eigenvalue weighted by Gasteiger charge is 2.31. The molecule has 1 heterocycles. The van der Waals surface area contributed by atoms with Crippen molar-refractivity contribution in [2.45, 2.75) is 26.2 Å². The number of carbonyl (C=O) groups is 2. The molecule has 2 atom stereocenters. The van der Waals surface area contributed by atoms with Crippen molar-refractivity contribution in [2.75, 3.05) is 26.7 Å². The van der Waals surface area contributed by atoms with Crippen LogP contribution in [-0.2, 0) is 9.59 Å². The van der Waals surface area contributed by atoms with E-state index >= 15 is 0 Å². The molecule has 0 aromatic rings. The summed E-state index contributed by atoms with van der Waals surface area (Å²) in [6.07, 6.45) is 2.10. The van der Waals surface area contributed by atoms with Gasteiger partial charge in [-0.25, -0.2) is 0 Å². The number of hydrogen-bond acceptors (Lipinski definition) is 3. The van der Waals surface area contributed by atoms with Crippen molar-refractivity contribution in [3.63, 3.8) is 0 Å². The third kappa shape index (κ3) is 4.34. The van der Waals surface area contributed by atoms with Crippen molar-refractivity contribution in [3.8, 4) is 0 Å². The average Bonchev–Trinajstić information content (AvgIpc) is 2.64. The highest BCUT2D eigenvalue weighted by Crippen LogP contribution is 2.15. The van der Waals surface area contributed by atoms with Crippen LogP contribution in [0.25, 0.3) is 0 Å². The number of nitrogens with one attached hydrogen (secondary N) is 1. The number of rotatable bonds is 6. The Kier molecular flexibility index (Phi) is 5.41. The molecular formula is C12H22N2O3. The van der Waals surface area contributed by atoms with E-state index in [1.807, 2.05) is 6.92 Å². The van der Waals surface area contributed by atoms with E-state index in [-0.39, 0.29) is 30.3 Å². The Hall–Kier alpha value is -1.10. The summed E-state index contributed by atoms with van der Waals surface area (Å²) in [5, 5.41) is 11.7. The first-order valence-corrected chi connectivity index (χ1v) is 6.17. The maximum Gasteiger partial charge on any atom is 0.225 e. The lowest BCUT2D eigenvalue weighted by Crippen LogP contribution is -2.33. The van der Waals surface area contributed by atoms with Crippen LogP contribution < -0.4 is 5.32 Å². The predicted molar refractivity (Wildman–Crippen MR) is 64.2 cm³/mol. The molecule has 1 aliphatic heterocycles. The fraction of sp³-hybridized carbons (Fsp3) is 0.833. The van der Waals surface area contributed by atoms with Gasteiger partial charge in [0.25, 0.3) is 0 Å². The number of carbonyl (C=O) groups excluding carboxylic acids is 2. The Bertz CT molecular complexity index is 281. The van der Waals surface area contributed by atoms with Crippen molar-refractivity contribution < 1.29 is 14.7 Å². The molecule has 5 nitrogen and oxygen atoms in total. The van der Waals surface area contributed by atoms with Gasteiger partial charge in [0.15, 0.2) is 0 Å². The monoisotopic (exact) mass is 242 g/mol. The zero-order valence-corrected chi connectivity index (χ0v) is 10.6. The lowest BCUT2D eigenvalue weighted by molar-refractivity contribution is -0.128. The van der Waals surface area contributed by atoms with Crippen LogP contribution in [0.5, 0.6) is 0 Å². The van der Waals surface area contributed by atoms with Crippen LogP contribution >= 0.6 is 0 Å². The molecule has 1 aliphatic rings. The van der Waals surface area contributed by atoms with Crippen molar-refractivity contribution in [3.05, 3.63) is 0 Å². The first kappa shape index (κ1) is 14.0. The van der Waals surface area contributed by atoms with Gasteiger partial charge in [-0.3, -0.25) is 9.59 Å². The quantitative estimate of drug-likeness (QED) is 0.644. The van der Waals surface area contributed by atoms with Crippen LogP contribution in [0.4, 0.5) is 0 Å². The highest BCUT2D eigenvalue weighted by molar-refractivity contribution is 5.89. The molecule has 1 saturated heterocycles. The molecule has 0 aromatic heterocycles. The van der Waals surface area contributed by atoms with E-state index in [0.717, 1.165) is 12.8 Å². The molecule has 1 fully saturated rings.